The number of nitrogens with zero attached hydrogens (tertiary/aromatic N) is 4. The molecule has 7 nitrogen and oxygen atoms in total. The first-order chi connectivity index (χ1) is 12.4. The van der Waals surface area contributed by atoms with Gasteiger partial charge in [-0.3, -0.25) is 14.4 Å². The molecule has 1 aliphatic rings. The number of hydrogen-bond donors (Lipinski definition) is 0. The molecule has 0 radical (unpaired) electrons. The molecule has 0 atom stereocenters. The topological polar surface area (TPSA) is 75.5 Å². The average Bonchev–Trinajstić information content (AvgIpc) is 2.61. The van der Waals surface area contributed by atoms with Gasteiger partial charge in [-0.1, -0.05) is 12.1 Å². The van der Waals surface area contributed by atoms with Crippen molar-refractivity contribution in [2.75, 3.05) is 29.1 Å². The Morgan fingerprint density at radius 3 is 2.81 bits per heavy atom. The van der Waals surface area contributed by atoms with E-state index in [4.69, 9.17) is 0 Å². The molecule has 0 bridgehead atoms. The molecule has 2 heterocycles. The number of likely N-dealkylation sites (N-methyl/N-ethyl adjacent to an activating group) is 1. The number of rotatable bonds is 4. The molecule has 0 unspecified atom stereocenters. The lowest BCUT2D eigenvalue weighted by Gasteiger charge is -2.25. The highest BCUT2D eigenvalue weighted by Gasteiger charge is 2.27. The highest BCUT2D eigenvalue weighted by Crippen LogP contribution is 2.30. The molecule has 8 heteroatoms. The normalized spacial score (nSPS) is 13.5. The van der Waals surface area contributed by atoms with Crippen LogP contribution in [0.3, 0.4) is 0 Å². The lowest BCUT2D eigenvalue weighted by molar-refractivity contribution is -0.119. The van der Waals surface area contributed by atoms with Gasteiger partial charge in [-0.25, -0.2) is 4.68 Å². The van der Waals surface area contributed by atoms with E-state index in [1.54, 1.807) is 18.1 Å². The molecule has 0 saturated heterocycles. The third-order valence-electron chi connectivity index (χ3n) is 4.26. The van der Waals surface area contributed by atoms with Gasteiger partial charge in [0.1, 0.15) is 12.2 Å². The first-order valence-corrected chi connectivity index (χ1v) is 9.27. The van der Waals surface area contributed by atoms with Crippen LogP contribution in [0.2, 0.25) is 0 Å². The summed E-state index contributed by atoms with van der Waals surface area (Å²) in [5.41, 5.74) is 1.69. The summed E-state index contributed by atoms with van der Waals surface area (Å²) in [5, 5.41) is 4.12. The third-order valence-corrected chi connectivity index (χ3v) is 5.26. The van der Waals surface area contributed by atoms with Crippen molar-refractivity contribution in [1.82, 2.24) is 9.78 Å². The highest BCUT2D eigenvalue weighted by atomic mass is 32.2. The predicted molar refractivity (Wildman–Crippen MR) is 102 cm³/mol. The van der Waals surface area contributed by atoms with Crippen molar-refractivity contribution in [3.8, 4) is 0 Å². The summed E-state index contributed by atoms with van der Waals surface area (Å²) in [5.74, 6) is -0.0893. The number of amides is 2. The maximum atomic E-state index is 12.8. The van der Waals surface area contributed by atoms with Crippen molar-refractivity contribution >= 4 is 35.0 Å². The summed E-state index contributed by atoms with van der Waals surface area (Å²) in [6.45, 7) is 4.14. The summed E-state index contributed by atoms with van der Waals surface area (Å²) in [6.07, 6.45) is 1.54. The molecule has 3 rings (SSSR count). The molecule has 2 aromatic rings. The molecule has 136 valence electrons. The third kappa shape index (κ3) is 3.37. The van der Waals surface area contributed by atoms with Crippen LogP contribution >= 0.6 is 11.8 Å². The quantitative estimate of drug-likeness (QED) is 0.816. The Morgan fingerprint density at radius 2 is 2.12 bits per heavy atom. The van der Waals surface area contributed by atoms with Crippen molar-refractivity contribution in [3.63, 3.8) is 0 Å². The van der Waals surface area contributed by atoms with Crippen LogP contribution in [0.25, 0.3) is 0 Å². The van der Waals surface area contributed by atoms with E-state index < -0.39 is 5.56 Å². The second kappa shape index (κ2) is 7.33. The molecule has 0 N–H and O–H groups in total. The summed E-state index contributed by atoms with van der Waals surface area (Å²) in [6, 6.07) is 7.64. The van der Waals surface area contributed by atoms with Crippen LogP contribution < -0.4 is 15.4 Å². The van der Waals surface area contributed by atoms with Crippen LogP contribution in [-0.2, 0) is 16.1 Å². The van der Waals surface area contributed by atoms with Gasteiger partial charge >= 0.3 is 0 Å². The van der Waals surface area contributed by atoms with Crippen molar-refractivity contribution in [2.45, 2.75) is 25.3 Å². The zero-order valence-electron chi connectivity index (χ0n) is 14.9. The van der Waals surface area contributed by atoms with Crippen LogP contribution in [0.15, 0.2) is 40.2 Å². The predicted octanol–water partition coefficient (Wildman–Crippen LogP) is 1.67. The summed E-state index contributed by atoms with van der Waals surface area (Å²) >= 11 is 1.29. The van der Waals surface area contributed by atoms with Crippen LogP contribution in [0.5, 0.6) is 0 Å². The van der Waals surface area contributed by atoms with Crippen molar-refractivity contribution in [3.05, 3.63) is 46.4 Å². The summed E-state index contributed by atoms with van der Waals surface area (Å²) in [4.78, 5) is 41.0. The van der Waals surface area contributed by atoms with E-state index in [0.29, 0.717) is 11.4 Å². The minimum atomic E-state index is -0.431. The van der Waals surface area contributed by atoms with Crippen LogP contribution in [0.1, 0.15) is 12.5 Å². The van der Waals surface area contributed by atoms with E-state index >= 15 is 0 Å². The molecule has 0 fully saturated rings. The molecule has 0 spiro atoms. The molecule has 26 heavy (non-hydrogen) atoms. The van der Waals surface area contributed by atoms with Gasteiger partial charge in [-0.15, -0.1) is 11.8 Å². The zero-order chi connectivity index (χ0) is 18.8. The smallest absolute Gasteiger partial charge is 0.292 e. The first kappa shape index (κ1) is 18.2. The van der Waals surface area contributed by atoms with Gasteiger partial charge in [0.15, 0.2) is 0 Å². The van der Waals surface area contributed by atoms with Gasteiger partial charge in [-0.2, -0.15) is 5.10 Å². The standard InChI is InChI=1S/C18H20N4O3S/c1-4-21(13-7-5-6-12(2)8-13)15(23)10-22-18(25)17-14(9-19-22)26-11-16(24)20(17)3/h5-9H,4,10-11H2,1-3H3. The zero-order valence-corrected chi connectivity index (χ0v) is 15.7. The maximum absolute atomic E-state index is 12.8. The Balaban J connectivity index is 1.90. The van der Waals surface area contributed by atoms with E-state index in [-0.39, 0.29) is 29.8 Å². The molecule has 0 saturated carbocycles. The lowest BCUT2D eigenvalue weighted by atomic mass is 10.2. The lowest BCUT2D eigenvalue weighted by Crippen LogP contribution is -2.41. The number of carbonyl (C=O) groups excluding carboxylic acids is 2. The van der Waals surface area contributed by atoms with E-state index in [1.807, 2.05) is 38.1 Å². The molecule has 2 amide bonds. The van der Waals surface area contributed by atoms with E-state index in [0.717, 1.165) is 15.9 Å². The number of fused-ring (bicyclic) bond motifs is 1. The molecular weight excluding hydrogens is 352 g/mol. The fraction of sp³-hybridized carbons (Fsp3) is 0.333. The van der Waals surface area contributed by atoms with Crippen LogP contribution in [0.4, 0.5) is 11.4 Å². The first-order valence-electron chi connectivity index (χ1n) is 8.29. The summed E-state index contributed by atoms with van der Waals surface area (Å²) < 4.78 is 1.12. The highest BCUT2D eigenvalue weighted by molar-refractivity contribution is 8.00. The maximum Gasteiger partial charge on any atom is 0.292 e. The fourth-order valence-electron chi connectivity index (χ4n) is 2.86. The second-order valence-corrected chi connectivity index (χ2v) is 7.06. The van der Waals surface area contributed by atoms with E-state index in [2.05, 4.69) is 5.10 Å². The molecule has 1 aliphatic heterocycles. The Morgan fingerprint density at radius 1 is 1.35 bits per heavy atom. The molecule has 0 aliphatic carbocycles. The van der Waals surface area contributed by atoms with Gasteiger partial charge in [-0.05, 0) is 31.5 Å². The van der Waals surface area contributed by atoms with Crippen LogP contribution in [0, 0.1) is 6.92 Å². The van der Waals surface area contributed by atoms with Gasteiger partial charge in [0.05, 0.1) is 16.8 Å². The van der Waals surface area contributed by atoms with E-state index in [9.17, 15) is 14.4 Å². The van der Waals surface area contributed by atoms with Gasteiger partial charge in [0.2, 0.25) is 11.8 Å². The largest absolute Gasteiger partial charge is 0.311 e. The van der Waals surface area contributed by atoms with Gasteiger partial charge in [0, 0.05) is 19.3 Å². The number of anilines is 2. The minimum Gasteiger partial charge on any atom is -0.311 e. The Labute approximate surface area is 155 Å². The molecule has 1 aromatic heterocycles. The number of aryl methyl sites for hydroxylation is 1. The number of benzene rings is 1. The SMILES string of the molecule is CCN(C(=O)Cn1ncc2c(c1=O)N(C)C(=O)CS2)c1cccc(C)c1. The Bertz CT molecular complexity index is 925. The fourth-order valence-corrected chi connectivity index (χ4v) is 3.82. The number of aromatic nitrogens is 2. The monoisotopic (exact) mass is 372 g/mol. The van der Waals surface area contributed by atoms with Crippen molar-refractivity contribution < 1.29 is 9.59 Å². The average molecular weight is 372 g/mol. The van der Waals surface area contributed by atoms with Crippen molar-refractivity contribution in [2.24, 2.45) is 0 Å². The number of carbonyl (C=O) groups is 2. The van der Waals surface area contributed by atoms with Gasteiger partial charge in [0.25, 0.3) is 5.56 Å². The van der Waals surface area contributed by atoms with Gasteiger partial charge < -0.3 is 9.80 Å². The van der Waals surface area contributed by atoms with Crippen LogP contribution in [-0.4, -0.2) is 40.9 Å². The summed E-state index contributed by atoms with van der Waals surface area (Å²) in [7, 11) is 1.57. The Hall–Kier alpha value is -2.61. The molecule has 1 aromatic carbocycles. The molecular formula is C18H20N4O3S. The number of thioether (sulfide) groups is 1. The van der Waals surface area contributed by atoms with E-state index in [1.165, 1.54) is 16.7 Å². The minimum absolute atomic E-state index is 0.140. The Kier molecular flexibility index (Phi) is 5.13. The number of hydrogen-bond acceptors (Lipinski definition) is 5. The second-order valence-electron chi connectivity index (χ2n) is 6.04. The van der Waals surface area contributed by atoms with Crippen molar-refractivity contribution in [1.29, 1.82) is 0 Å².